The Bertz CT molecular complexity index is 1370. The molecule has 0 unspecified atom stereocenters. The number of methoxy groups -OCH3 is 2. The number of benzene rings is 1. The van der Waals surface area contributed by atoms with Crippen LogP contribution in [0.5, 0.6) is 17.2 Å². The van der Waals surface area contributed by atoms with Crippen molar-refractivity contribution in [3.63, 3.8) is 0 Å². The van der Waals surface area contributed by atoms with Crippen LogP contribution < -0.4 is 25.0 Å². The minimum absolute atomic E-state index is 0.0176. The number of carboxylic acid groups (broad SMARTS) is 1. The number of nitrogens with one attached hydrogen (secondary N) is 1. The molecule has 2 aromatic rings. The van der Waals surface area contributed by atoms with E-state index in [1.54, 1.807) is 24.5 Å². The molecule has 1 fully saturated rings. The van der Waals surface area contributed by atoms with Gasteiger partial charge in [0.1, 0.15) is 18.3 Å². The maximum absolute atomic E-state index is 13.0. The van der Waals surface area contributed by atoms with E-state index in [0.717, 1.165) is 0 Å². The molecule has 13 heteroatoms. The summed E-state index contributed by atoms with van der Waals surface area (Å²) >= 11 is 1.30. The first-order chi connectivity index (χ1) is 19.0. The maximum Gasteiger partial charge on any atom is 0.335 e. The Balaban J connectivity index is 1.89. The fourth-order valence-corrected chi connectivity index (χ4v) is 5.54. The molecule has 0 saturated carbocycles. The summed E-state index contributed by atoms with van der Waals surface area (Å²) in [4.78, 5) is 37.1. The van der Waals surface area contributed by atoms with Gasteiger partial charge in [-0.1, -0.05) is 6.07 Å². The molecule has 0 bridgehead atoms. The molecule has 0 aromatic heterocycles. The van der Waals surface area contributed by atoms with Crippen molar-refractivity contribution >= 4 is 23.6 Å². The zero-order valence-electron chi connectivity index (χ0n) is 22.2. The number of carboxylic acids is 1. The Hall–Kier alpha value is -3.36. The van der Waals surface area contributed by atoms with E-state index in [4.69, 9.17) is 18.9 Å². The second kappa shape index (κ2) is 12.0. The molecular weight excluding hydrogens is 546 g/mol. The van der Waals surface area contributed by atoms with Crippen LogP contribution in [-0.2, 0) is 20.7 Å². The van der Waals surface area contributed by atoms with Crippen LogP contribution in [0.4, 0.5) is 0 Å². The predicted octanol–water partition coefficient (Wildman–Crippen LogP) is 0.847. The first-order valence-corrected chi connectivity index (χ1v) is 13.6. The minimum Gasteiger partial charge on any atom is -0.492 e. The number of ether oxygens (including phenoxy) is 4. The molecule has 6 atom stereocenters. The molecule has 0 radical (unpaired) electrons. The van der Waals surface area contributed by atoms with Gasteiger partial charge >= 0.3 is 5.97 Å². The number of aliphatic carboxylic acids is 1. The Morgan fingerprint density at radius 1 is 1.05 bits per heavy atom. The lowest BCUT2D eigenvalue weighted by Gasteiger charge is -2.38. The zero-order valence-corrected chi connectivity index (χ0v) is 23.1. The van der Waals surface area contributed by atoms with Gasteiger partial charge in [-0.2, -0.15) is 0 Å². The van der Waals surface area contributed by atoms with E-state index in [-0.39, 0.29) is 28.6 Å². The summed E-state index contributed by atoms with van der Waals surface area (Å²) in [5, 5.41) is 43.1. The number of carbonyl (C=O) groups is 2. The van der Waals surface area contributed by atoms with Crippen LogP contribution in [0.1, 0.15) is 30.5 Å². The van der Waals surface area contributed by atoms with Crippen molar-refractivity contribution in [3.05, 3.63) is 45.6 Å². The van der Waals surface area contributed by atoms with E-state index >= 15 is 0 Å². The lowest BCUT2D eigenvalue weighted by atomic mass is 9.95. The van der Waals surface area contributed by atoms with Gasteiger partial charge in [-0.25, -0.2) is 4.79 Å². The standard InChI is InChI=1S/C27H31NO11S/c1-11(29)28-15-7-5-12-9-17(38-27-22(33)20(31)21(32)25(39-27)26(34)35)23(36-2)24(37-3)19(12)13-6-8-18(40-4)16(30)10-14(13)15/h6,8-10,15,20-22,25,27,31-33H,5,7H2,1-4H3,(H,28,29)(H,34,35)/t15-,20+,21+,22-,25+,27-/m0/s1. The monoisotopic (exact) mass is 577 g/mol. The number of aliphatic hydroxyl groups is 3. The number of thioether (sulfide) groups is 1. The molecule has 2 aromatic carbocycles. The first-order valence-electron chi connectivity index (χ1n) is 12.4. The van der Waals surface area contributed by atoms with E-state index in [1.165, 1.54) is 39.0 Å². The molecule has 216 valence electrons. The normalized spacial score (nSPS) is 25.6. The Labute approximate surface area is 233 Å². The molecule has 40 heavy (non-hydrogen) atoms. The molecule has 12 nitrogen and oxygen atoms in total. The van der Waals surface area contributed by atoms with Gasteiger partial charge in [0.15, 0.2) is 23.0 Å². The van der Waals surface area contributed by atoms with Crippen molar-refractivity contribution in [1.29, 1.82) is 0 Å². The van der Waals surface area contributed by atoms with E-state index in [1.807, 2.05) is 0 Å². The average molecular weight is 578 g/mol. The van der Waals surface area contributed by atoms with Crippen molar-refractivity contribution in [2.24, 2.45) is 0 Å². The zero-order chi connectivity index (χ0) is 29.3. The third kappa shape index (κ3) is 5.47. The van der Waals surface area contributed by atoms with Crippen molar-refractivity contribution in [3.8, 4) is 28.4 Å². The average Bonchev–Trinajstić information content (AvgIpc) is 3.16. The van der Waals surface area contributed by atoms with Crippen LogP contribution in [0.3, 0.4) is 0 Å². The highest BCUT2D eigenvalue weighted by atomic mass is 32.2. The largest absolute Gasteiger partial charge is 0.492 e. The van der Waals surface area contributed by atoms with E-state index < -0.39 is 42.7 Å². The lowest BCUT2D eigenvalue weighted by Crippen LogP contribution is -2.61. The summed E-state index contributed by atoms with van der Waals surface area (Å²) in [5.74, 6) is -1.49. The predicted molar refractivity (Wildman–Crippen MR) is 143 cm³/mol. The maximum atomic E-state index is 13.0. The van der Waals surface area contributed by atoms with Gasteiger partial charge < -0.3 is 44.7 Å². The molecule has 1 saturated heterocycles. The summed E-state index contributed by atoms with van der Waals surface area (Å²) in [6.07, 6.45) is -6.44. The van der Waals surface area contributed by atoms with Gasteiger partial charge in [0.05, 0.1) is 25.2 Å². The summed E-state index contributed by atoms with van der Waals surface area (Å²) in [6.45, 7) is 1.40. The van der Waals surface area contributed by atoms with Gasteiger partial charge in [-0.3, -0.25) is 9.59 Å². The number of hydrogen-bond acceptors (Lipinski definition) is 11. The van der Waals surface area contributed by atoms with Gasteiger partial charge in [-0.05, 0) is 54.0 Å². The van der Waals surface area contributed by atoms with E-state index in [0.29, 0.717) is 40.0 Å². The van der Waals surface area contributed by atoms with Crippen LogP contribution in [-0.4, -0.2) is 83.5 Å². The second-order valence-electron chi connectivity index (χ2n) is 9.40. The number of aliphatic hydroxyl groups excluding tert-OH is 3. The third-order valence-corrected chi connectivity index (χ3v) is 7.71. The summed E-state index contributed by atoms with van der Waals surface area (Å²) < 4.78 is 22.5. The molecule has 4 rings (SSSR count). The third-order valence-electron chi connectivity index (χ3n) is 6.93. The Morgan fingerprint density at radius 2 is 1.75 bits per heavy atom. The number of fused-ring (bicyclic) bond motifs is 3. The summed E-state index contributed by atoms with van der Waals surface area (Å²) in [6, 6.07) is 6.12. The lowest BCUT2D eigenvalue weighted by molar-refractivity contribution is -0.271. The van der Waals surface area contributed by atoms with Crippen LogP contribution in [0.15, 0.2) is 34.0 Å². The second-order valence-corrected chi connectivity index (χ2v) is 10.2. The molecule has 1 heterocycles. The van der Waals surface area contributed by atoms with Crippen molar-refractivity contribution in [1.82, 2.24) is 5.32 Å². The van der Waals surface area contributed by atoms with Crippen LogP contribution in [0, 0.1) is 0 Å². The van der Waals surface area contributed by atoms with E-state index in [2.05, 4.69) is 5.32 Å². The molecule has 0 spiro atoms. The highest BCUT2D eigenvalue weighted by molar-refractivity contribution is 7.98. The minimum atomic E-state index is -1.88. The molecule has 1 aliphatic heterocycles. The number of carbonyl (C=O) groups excluding carboxylic acids is 1. The topological polar surface area (TPSA) is 181 Å². The van der Waals surface area contributed by atoms with Crippen molar-refractivity contribution in [2.75, 3.05) is 20.5 Å². The number of hydrogen-bond donors (Lipinski definition) is 5. The van der Waals surface area contributed by atoms with Crippen molar-refractivity contribution in [2.45, 2.75) is 61.4 Å². The first kappa shape index (κ1) is 29.6. The molecule has 1 aliphatic carbocycles. The van der Waals surface area contributed by atoms with Gasteiger partial charge in [0.25, 0.3) is 0 Å². The number of aryl methyl sites for hydroxylation is 1. The molecule has 1 amide bonds. The van der Waals surface area contributed by atoms with Crippen LogP contribution >= 0.6 is 11.8 Å². The number of amides is 1. The number of rotatable bonds is 7. The summed E-state index contributed by atoms with van der Waals surface area (Å²) in [5.41, 5.74) is 2.31. The van der Waals surface area contributed by atoms with Gasteiger partial charge in [-0.15, -0.1) is 11.8 Å². The Kier molecular flexibility index (Phi) is 8.90. The highest BCUT2D eigenvalue weighted by Crippen LogP contribution is 2.50. The molecule has 5 N–H and O–H groups in total. The highest BCUT2D eigenvalue weighted by Gasteiger charge is 2.48. The fraction of sp³-hybridized carbons (Fsp3) is 0.444. The van der Waals surface area contributed by atoms with Gasteiger partial charge in [0, 0.05) is 12.5 Å². The van der Waals surface area contributed by atoms with Crippen LogP contribution in [0.2, 0.25) is 0 Å². The Morgan fingerprint density at radius 3 is 2.35 bits per heavy atom. The molecular formula is C27H31NO11S. The quantitative estimate of drug-likeness (QED) is 0.293. The van der Waals surface area contributed by atoms with Gasteiger partial charge in [0.2, 0.25) is 17.9 Å². The fourth-order valence-electron chi connectivity index (χ4n) is 5.07. The smallest absolute Gasteiger partial charge is 0.335 e. The summed E-state index contributed by atoms with van der Waals surface area (Å²) in [7, 11) is 2.78. The van der Waals surface area contributed by atoms with Crippen LogP contribution in [0.25, 0.3) is 11.1 Å². The SMILES string of the molecule is COc1c(O[C@H]2O[C@@H](C(=O)O)[C@H](O)[C@@H](O)[C@@H]2O)cc2c(c1OC)-c1ccc(SC)c(=O)cc1[C@@H](NC(C)=O)CC2. The van der Waals surface area contributed by atoms with E-state index in [9.17, 15) is 34.8 Å². The van der Waals surface area contributed by atoms with Crippen molar-refractivity contribution < 1.29 is 49.0 Å². The molecule has 2 aliphatic rings.